The first-order chi connectivity index (χ1) is 11.2. The van der Waals surface area contributed by atoms with E-state index in [1.807, 2.05) is 15.8 Å². The standard InChI is InChI=1S/C17H28N4O2/c1-2-21-14-15(12-18-21)13-19-7-9-20(10-8-19)17(22)6-5-16-4-3-11-23-16/h12,14,16H,2-11,13H2,1H3. The molecule has 1 unspecified atom stereocenters. The molecule has 1 atom stereocenters. The van der Waals surface area contributed by atoms with Gasteiger partial charge in [-0.25, -0.2) is 0 Å². The van der Waals surface area contributed by atoms with Gasteiger partial charge in [0.25, 0.3) is 0 Å². The lowest BCUT2D eigenvalue weighted by Crippen LogP contribution is -2.48. The molecule has 1 aromatic heterocycles. The summed E-state index contributed by atoms with van der Waals surface area (Å²) >= 11 is 0. The third-order valence-corrected chi connectivity index (χ3v) is 4.85. The number of nitrogens with zero attached hydrogens (tertiary/aromatic N) is 4. The molecular weight excluding hydrogens is 292 g/mol. The number of carbonyl (C=O) groups excluding carboxylic acids is 1. The molecule has 1 aromatic rings. The van der Waals surface area contributed by atoms with Crippen molar-refractivity contribution in [3.8, 4) is 0 Å². The minimum absolute atomic E-state index is 0.291. The second-order valence-corrected chi connectivity index (χ2v) is 6.53. The molecule has 0 N–H and O–H groups in total. The summed E-state index contributed by atoms with van der Waals surface area (Å²) in [7, 11) is 0. The van der Waals surface area contributed by atoms with Gasteiger partial charge in [-0.05, 0) is 26.2 Å². The van der Waals surface area contributed by atoms with Crippen molar-refractivity contribution in [2.75, 3.05) is 32.8 Å². The maximum absolute atomic E-state index is 12.3. The van der Waals surface area contributed by atoms with Crippen molar-refractivity contribution in [2.45, 2.75) is 51.8 Å². The Kier molecular flexibility index (Phi) is 5.67. The molecule has 2 fully saturated rings. The van der Waals surface area contributed by atoms with Crippen LogP contribution in [0, 0.1) is 0 Å². The van der Waals surface area contributed by atoms with Crippen molar-refractivity contribution in [1.29, 1.82) is 0 Å². The van der Waals surface area contributed by atoms with Gasteiger partial charge in [-0.2, -0.15) is 5.10 Å². The van der Waals surface area contributed by atoms with Gasteiger partial charge in [-0.15, -0.1) is 0 Å². The Labute approximate surface area is 138 Å². The minimum atomic E-state index is 0.291. The first-order valence-corrected chi connectivity index (χ1v) is 8.87. The number of rotatable bonds is 6. The van der Waals surface area contributed by atoms with E-state index in [0.29, 0.717) is 18.4 Å². The molecule has 0 spiro atoms. The fourth-order valence-electron chi connectivity index (χ4n) is 3.39. The molecule has 0 aromatic carbocycles. The molecule has 0 bridgehead atoms. The highest BCUT2D eigenvalue weighted by Crippen LogP contribution is 2.18. The van der Waals surface area contributed by atoms with Gasteiger partial charge < -0.3 is 9.64 Å². The van der Waals surface area contributed by atoms with Gasteiger partial charge in [0.1, 0.15) is 0 Å². The maximum Gasteiger partial charge on any atom is 0.222 e. The van der Waals surface area contributed by atoms with E-state index in [0.717, 1.165) is 65.1 Å². The summed E-state index contributed by atoms with van der Waals surface area (Å²) in [6, 6.07) is 0. The summed E-state index contributed by atoms with van der Waals surface area (Å²) in [6.45, 7) is 8.37. The Hall–Kier alpha value is -1.40. The van der Waals surface area contributed by atoms with Crippen molar-refractivity contribution in [2.24, 2.45) is 0 Å². The zero-order valence-electron chi connectivity index (χ0n) is 14.1. The van der Waals surface area contributed by atoms with Crippen LogP contribution in [0.3, 0.4) is 0 Å². The number of aromatic nitrogens is 2. The Morgan fingerprint density at radius 2 is 2.17 bits per heavy atom. The number of carbonyl (C=O) groups is 1. The second-order valence-electron chi connectivity index (χ2n) is 6.53. The van der Waals surface area contributed by atoms with Crippen molar-refractivity contribution >= 4 is 5.91 Å². The van der Waals surface area contributed by atoms with Gasteiger partial charge >= 0.3 is 0 Å². The molecule has 2 aliphatic heterocycles. The van der Waals surface area contributed by atoms with Crippen molar-refractivity contribution in [3.05, 3.63) is 18.0 Å². The van der Waals surface area contributed by atoms with Crippen LogP contribution < -0.4 is 0 Å². The van der Waals surface area contributed by atoms with E-state index in [2.05, 4.69) is 23.1 Å². The summed E-state index contributed by atoms with van der Waals surface area (Å²) in [6.07, 6.45) is 8.15. The molecule has 0 saturated carbocycles. The average Bonchev–Trinajstić information content (AvgIpc) is 3.25. The molecular formula is C17H28N4O2. The van der Waals surface area contributed by atoms with Gasteiger partial charge in [0.05, 0.1) is 12.3 Å². The third-order valence-electron chi connectivity index (χ3n) is 4.85. The van der Waals surface area contributed by atoms with Gasteiger partial charge in [-0.3, -0.25) is 14.4 Å². The lowest BCUT2D eigenvalue weighted by atomic mass is 10.1. The summed E-state index contributed by atoms with van der Waals surface area (Å²) in [4.78, 5) is 16.7. The van der Waals surface area contributed by atoms with Crippen LogP contribution in [-0.2, 0) is 22.6 Å². The number of amides is 1. The Morgan fingerprint density at radius 1 is 1.35 bits per heavy atom. The topological polar surface area (TPSA) is 50.6 Å². The minimum Gasteiger partial charge on any atom is -0.378 e. The lowest BCUT2D eigenvalue weighted by molar-refractivity contribution is -0.133. The predicted molar refractivity (Wildman–Crippen MR) is 88.0 cm³/mol. The van der Waals surface area contributed by atoms with E-state index in [9.17, 15) is 4.79 Å². The highest BCUT2D eigenvalue weighted by Gasteiger charge is 2.23. The predicted octanol–water partition coefficient (Wildman–Crippen LogP) is 1.51. The molecule has 3 rings (SSSR count). The first-order valence-electron chi connectivity index (χ1n) is 8.87. The molecule has 1 amide bonds. The Bertz CT molecular complexity index is 502. The van der Waals surface area contributed by atoms with E-state index >= 15 is 0 Å². The molecule has 6 heteroatoms. The van der Waals surface area contributed by atoms with Gasteiger partial charge in [0.2, 0.25) is 5.91 Å². The maximum atomic E-state index is 12.3. The Morgan fingerprint density at radius 3 is 2.83 bits per heavy atom. The van der Waals surface area contributed by atoms with E-state index < -0.39 is 0 Å². The van der Waals surface area contributed by atoms with Crippen LogP contribution in [0.25, 0.3) is 0 Å². The number of ether oxygens (including phenoxy) is 1. The van der Waals surface area contributed by atoms with Crippen molar-refractivity contribution < 1.29 is 9.53 Å². The highest BCUT2D eigenvalue weighted by molar-refractivity contribution is 5.76. The summed E-state index contributed by atoms with van der Waals surface area (Å²) in [5.41, 5.74) is 1.25. The van der Waals surface area contributed by atoms with Crippen LogP contribution in [0.5, 0.6) is 0 Å². The summed E-state index contributed by atoms with van der Waals surface area (Å²) < 4.78 is 7.56. The van der Waals surface area contributed by atoms with Crippen LogP contribution >= 0.6 is 0 Å². The molecule has 6 nitrogen and oxygen atoms in total. The number of hydrogen-bond acceptors (Lipinski definition) is 4. The highest BCUT2D eigenvalue weighted by atomic mass is 16.5. The number of hydrogen-bond donors (Lipinski definition) is 0. The van der Waals surface area contributed by atoms with E-state index in [1.165, 1.54) is 5.56 Å². The number of piperazine rings is 1. The van der Waals surface area contributed by atoms with E-state index in [-0.39, 0.29) is 0 Å². The largest absolute Gasteiger partial charge is 0.378 e. The molecule has 23 heavy (non-hydrogen) atoms. The SMILES string of the molecule is CCn1cc(CN2CCN(C(=O)CCC3CCCO3)CC2)cn1. The molecule has 2 saturated heterocycles. The molecule has 0 radical (unpaired) electrons. The van der Waals surface area contributed by atoms with Gasteiger partial charge in [0, 0.05) is 64.1 Å². The Balaban J connectivity index is 1.38. The number of aryl methyl sites for hydroxylation is 1. The molecule has 128 valence electrons. The van der Waals surface area contributed by atoms with Crippen LogP contribution in [0.1, 0.15) is 38.2 Å². The zero-order valence-corrected chi connectivity index (χ0v) is 14.1. The quantitative estimate of drug-likeness (QED) is 0.797. The third kappa shape index (κ3) is 4.54. The molecule has 0 aliphatic carbocycles. The van der Waals surface area contributed by atoms with Gasteiger partial charge in [-0.1, -0.05) is 0 Å². The normalized spacial score (nSPS) is 22.7. The first kappa shape index (κ1) is 16.5. The smallest absolute Gasteiger partial charge is 0.222 e. The fourth-order valence-corrected chi connectivity index (χ4v) is 3.39. The lowest BCUT2D eigenvalue weighted by Gasteiger charge is -2.34. The zero-order chi connectivity index (χ0) is 16.1. The monoisotopic (exact) mass is 320 g/mol. The second kappa shape index (κ2) is 7.93. The average molecular weight is 320 g/mol. The summed E-state index contributed by atoms with van der Waals surface area (Å²) in [5, 5.41) is 4.32. The molecule has 2 aliphatic rings. The molecule has 3 heterocycles. The summed E-state index contributed by atoms with van der Waals surface area (Å²) in [5.74, 6) is 0.291. The van der Waals surface area contributed by atoms with E-state index in [1.54, 1.807) is 0 Å². The van der Waals surface area contributed by atoms with Crippen LogP contribution in [0.4, 0.5) is 0 Å². The van der Waals surface area contributed by atoms with Crippen LogP contribution in [0.15, 0.2) is 12.4 Å². The van der Waals surface area contributed by atoms with Crippen LogP contribution in [0.2, 0.25) is 0 Å². The van der Waals surface area contributed by atoms with Crippen molar-refractivity contribution in [1.82, 2.24) is 19.6 Å². The van der Waals surface area contributed by atoms with Gasteiger partial charge in [0.15, 0.2) is 0 Å². The fraction of sp³-hybridized carbons (Fsp3) is 0.765. The van der Waals surface area contributed by atoms with Crippen LogP contribution in [-0.4, -0.2) is 64.4 Å². The van der Waals surface area contributed by atoms with Crippen molar-refractivity contribution in [3.63, 3.8) is 0 Å². The van der Waals surface area contributed by atoms with E-state index in [4.69, 9.17) is 4.74 Å².